The van der Waals surface area contributed by atoms with Crippen LogP contribution in [0.2, 0.25) is 10.0 Å². The second-order valence-electron chi connectivity index (χ2n) is 4.09. The van der Waals surface area contributed by atoms with E-state index in [1.54, 1.807) is 19.1 Å². The number of nitro groups is 1. The van der Waals surface area contributed by atoms with Crippen LogP contribution in [0.25, 0.3) is 0 Å². The highest BCUT2D eigenvalue weighted by atomic mass is 35.5. The highest BCUT2D eigenvalue weighted by Gasteiger charge is 2.11. The maximum Gasteiger partial charge on any atom is 0.287 e. The molecule has 1 heterocycles. The van der Waals surface area contributed by atoms with Gasteiger partial charge in [-0.1, -0.05) is 23.2 Å². The van der Waals surface area contributed by atoms with E-state index in [0.717, 1.165) is 0 Å². The Hall–Kier alpha value is -2.05. The zero-order valence-corrected chi connectivity index (χ0v) is 11.9. The minimum atomic E-state index is -0.499. The summed E-state index contributed by atoms with van der Waals surface area (Å²) in [4.78, 5) is 14.2. The molecule has 0 fully saturated rings. The first kappa shape index (κ1) is 14.4. The highest BCUT2D eigenvalue weighted by molar-refractivity contribution is 6.39. The Morgan fingerprint density at radius 2 is 1.90 bits per heavy atom. The van der Waals surface area contributed by atoms with Gasteiger partial charge in [-0.15, -0.1) is 0 Å². The number of nitrogen functional groups attached to an aromatic ring is 1. The molecule has 0 saturated carbocycles. The van der Waals surface area contributed by atoms with Crippen molar-refractivity contribution in [1.82, 2.24) is 4.98 Å². The fraction of sp³-hybridized carbons (Fsp3) is 0.0833. The number of hydrogen-bond donors (Lipinski definition) is 2. The average molecular weight is 313 g/mol. The van der Waals surface area contributed by atoms with Gasteiger partial charge in [0.1, 0.15) is 12.0 Å². The lowest BCUT2D eigenvalue weighted by molar-refractivity contribution is -0.385. The molecule has 3 N–H and O–H groups in total. The smallest absolute Gasteiger partial charge is 0.287 e. The molecule has 0 unspecified atom stereocenters. The summed E-state index contributed by atoms with van der Waals surface area (Å²) in [5.74, 6) is 0.479. The van der Waals surface area contributed by atoms with E-state index in [1.165, 1.54) is 12.3 Å². The average Bonchev–Trinajstić information content (AvgIpc) is 2.38. The third-order valence-corrected chi connectivity index (χ3v) is 3.24. The van der Waals surface area contributed by atoms with Gasteiger partial charge in [0.15, 0.2) is 0 Å². The van der Waals surface area contributed by atoms with Crippen molar-refractivity contribution in [3.63, 3.8) is 0 Å². The van der Waals surface area contributed by atoms with Gasteiger partial charge in [0.25, 0.3) is 5.69 Å². The quantitative estimate of drug-likeness (QED) is 0.508. The van der Waals surface area contributed by atoms with Crippen LogP contribution in [0, 0.1) is 17.0 Å². The van der Waals surface area contributed by atoms with E-state index in [9.17, 15) is 10.1 Å². The van der Waals surface area contributed by atoms with Gasteiger partial charge in [-0.05, 0) is 24.6 Å². The Bertz CT molecular complexity index is 668. The van der Waals surface area contributed by atoms with Crippen LogP contribution in [0.1, 0.15) is 5.56 Å². The molecule has 6 nitrogen and oxygen atoms in total. The minimum absolute atomic E-state index is 0.0681. The summed E-state index contributed by atoms with van der Waals surface area (Å²) >= 11 is 11.9. The van der Waals surface area contributed by atoms with E-state index in [2.05, 4.69) is 10.3 Å². The Morgan fingerprint density at radius 3 is 2.40 bits per heavy atom. The number of nitrogens with two attached hydrogens (primary N) is 1. The number of anilines is 3. The molecule has 0 radical (unpaired) electrons. The number of rotatable bonds is 3. The number of nitrogens with one attached hydrogen (secondary N) is 1. The number of halogens is 2. The first-order valence-electron chi connectivity index (χ1n) is 5.51. The highest BCUT2D eigenvalue weighted by Crippen LogP contribution is 2.32. The molecule has 0 amide bonds. The summed E-state index contributed by atoms with van der Waals surface area (Å²) in [6.07, 6.45) is 1.18. The van der Waals surface area contributed by atoms with Gasteiger partial charge in [0, 0.05) is 11.8 Å². The maximum atomic E-state index is 10.6. The van der Waals surface area contributed by atoms with E-state index in [4.69, 9.17) is 28.9 Å². The maximum absolute atomic E-state index is 10.6. The van der Waals surface area contributed by atoms with Gasteiger partial charge in [-0.2, -0.15) is 0 Å². The predicted molar refractivity (Wildman–Crippen MR) is 79.8 cm³/mol. The molecule has 0 aliphatic heterocycles. The number of pyridine rings is 1. The van der Waals surface area contributed by atoms with Gasteiger partial charge < -0.3 is 11.1 Å². The van der Waals surface area contributed by atoms with E-state index >= 15 is 0 Å². The van der Waals surface area contributed by atoms with Crippen molar-refractivity contribution in [2.24, 2.45) is 0 Å². The number of hydrogen-bond acceptors (Lipinski definition) is 5. The van der Waals surface area contributed by atoms with Crippen molar-refractivity contribution >= 4 is 46.1 Å². The minimum Gasteiger partial charge on any atom is -0.396 e. The fourth-order valence-electron chi connectivity index (χ4n) is 1.58. The third-order valence-electron chi connectivity index (χ3n) is 2.62. The molecule has 0 spiro atoms. The predicted octanol–water partition coefficient (Wildman–Crippen LogP) is 3.93. The molecule has 0 saturated heterocycles. The van der Waals surface area contributed by atoms with Crippen molar-refractivity contribution in [2.45, 2.75) is 6.92 Å². The number of nitrogens with zero attached hydrogens (tertiary/aromatic N) is 2. The second kappa shape index (κ2) is 5.52. The molecular weight excluding hydrogens is 303 g/mol. The summed E-state index contributed by atoms with van der Waals surface area (Å²) in [5, 5.41) is 14.3. The number of aryl methyl sites for hydroxylation is 1. The second-order valence-corrected chi connectivity index (χ2v) is 4.91. The molecule has 104 valence electrons. The van der Waals surface area contributed by atoms with Gasteiger partial charge in [0.2, 0.25) is 0 Å². The number of aromatic nitrogens is 1. The summed E-state index contributed by atoms with van der Waals surface area (Å²) < 4.78 is 0. The van der Waals surface area contributed by atoms with E-state index in [0.29, 0.717) is 32.8 Å². The Morgan fingerprint density at radius 1 is 1.30 bits per heavy atom. The lowest BCUT2D eigenvalue weighted by Crippen LogP contribution is -1.99. The normalized spacial score (nSPS) is 10.3. The standard InChI is InChI=1S/C12H10Cl2N4O2/c1-6-2-8(18(19)20)5-16-12(6)17-7-3-9(13)11(15)10(14)4-7/h2-5H,15H2,1H3,(H,16,17). The molecule has 20 heavy (non-hydrogen) atoms. The van der Waals surface area contributed by atoms with E-state index < -0.39 is 4.92 Å². The zero-order chi connectivity index (χ0) is 14.9. The molecule has 0 aliphatic rings. The van der Waals surface area contributed by atoms with Crippen LogP contribution < -0.4 is 11.1 Å². The molecule has 0 bridgehead atoms. The summed E-state index contributed by atoms with van der Waals surface area (Å²) in [5.41, 5.74) is 7.10. The van der Waals surface area contributed by atoms with Crippen molar-refractivity contribution in [2.75, 3.05) is 11.1 Å². The largest absolute Gasteiger partial charge is 0.396 e. The first-order chi connectivity index (χ1) is 9.38. The van der Waals surface area contributed by atoms with Crippen molar-refractivity contribution in [3.8, 4) is 0 Å². The van der Waals surface area contributed by atoms with E-state index in [-0.39, 0.29) is 5.69 Å². The summed E-state index contributed by atoms with van der Waals surface area (Å²) in [6, 6.07) is 4.63. The Kier molecular flexibility index (Phi) is 3.96. The molecule has 0 aliphatic carbocycles. The topological polar surface area (TPSA) is 94.1 Å². The molecule has 0 atom stereocenters. The van der Waals surface area contributed by atoms with Gasteiger partial charge >= 0.3 is 0 Å². The molecule has 8 heteroatoms. The van der Waals surface area contributed by atoms with Crippen LogP contribution >= 0.6 is 23.2 Å². The van der Waals surface area contributed by atoms with Crippen LogP contribution in [-0.4, -0.2) is 9.91 Å². The Balaban J connectivity index is 2.33. The lowest BCUT2D eigenvalue weighted by Gasteiger charge is -2.10. The molecule has 1 aromatic carbocycles. The SMILES string of the molecule is Cc1cc([N+](=O)[O-])cnc1Nc1cc(Cl)c(N)c(Cl)c1. The van der Waals surface area contributed by atoms with Gasteiger partial charge in [-0.25, -0.2) is 4.98 Å². The monoisotopic (exact) mass is 312 g/mol. The lowest BCUT2D eigenvalue weighted by atomic mass is 10.2. The fourth-order valence-corrected chi connectivity index (χ4v) is 2.07. The Labute approximate surface area is 124 Å². The summed E-state index contributed by atoms with van der Waals surface area (Å²) in [6.45, 7) is 1.71. The number of benzene rings is 1. The van der Waals surface area contributed by atoms with Crippen molar-refractivity contribution < 1.29 is 4.92 Å². The van der Waals surface area contributed by atoms with Crippen LogP contribution in [0.5, 0.6) is 0 Å². The molecule has 2 rings (SSSR count). The molecule has 2 aromatic rings. The van der Waals surface area contributed by atoms with Crippen LogP contribution in [0.15, 0.2) is 24.4 Å². The van der Waals surface area contributed by atoms with Crippen LogP contribution in [0.4, 0.5) is 22.9 Å². The molecule has 1 aromatic heterocycles. The van der Waals surface area contributed by atoms with Crippen LogP contribution in [0.3, 0.4) is 0 Å². The van der Waals surface area contributed by atoms with E-state index in [1.807, 2.05) is 0 Å². The van der Waals surface area contributed by atoms with Gasteiger partial charge in [0.05, 0.1) is 20.7 Å². The van der Waals surface area contributed by atoms with Crippen LogP contribution in [-0.2, 0) is 0 Å². The van der Waals surface area contributed by atoms with Gasteiger partial charge in [-0.3, -0.25) is 10.1 Å². The zero-order valence-electron chi connectivity index (χ0n) is 10.4. The summed E-state index contributed by atoms with van der Waals surface area (Å²) in [7, 11) is 0. The van der Waals surface area contributed by atoms with Crippen molar-refractivity contribution in [1.29, 1.82) is 0 Å². The first-order valence-corrected chi connectivity index (χ1v) is 6.26. The molecular formula is C12H10Cl2N4O2. The van der Waals surface area contributed by atoms with Crippen molar-refractivity contribution in [3.05, 3.63) is 50.1 Å². The third kappa shape index (κ3) is 2.92.